The van der Waals surface area contributed by atoms with Crippen molar-refractivity contribution in [1.82, 2.24) is 10.3 Å². The number of hydrogen-bond acceptors (Lipinski definition) is 4. The molecule has 0 saturated heterocycles. The van der Waals surface area contributed by atoms with Gasteiger partial charge in [0.1, 0.15) is 5.82 Å². The van der Waals surface area contributed by atoms with E-state index in [0.29, 0.717) is 22.7 Å². The minimum atomic E-state index is -0.328. The van der Waals surface area contributed by atoms with E-state index in [9.17, 15) is 9.18 Å². The average Bonchev–Trinajstić information content (AvgIpc) is 2.95. The predicted octanol–water partition coefficient (Wildman–Crippen LogP) is 9.65. The van der Waals surface area contributed by atoms with Crippen LogP contribution >= 0.6 is 0 Å². The Hall–Kier alpha value is -3.64. The summed E-state index contributed by atoms with van der Waals surface area (Å²) in [6.45, 7) is 16.1. The van der Waals surface area contributed by atoms with Crippen LogP contribution in [-0.2, 0) is 0 Å². The first kappa shape index (κ1) is 33.6. The van der Waals surface area contributed by atoms with Crippen LogP contribution in [0.25, 0.3) is 6.08 Å². The smallest absolute Gasteiger partial charge is 0.257 e. The number of carbonyl (C=O) groups excluding carboxylic acids is 1. The summed E-state index contributed by atoms with van der Waals surface area (Å²) in [5.41, 5.74) is 5.73. The highest BCUT2D eigenvalue weighted by Gasteiger charge is 2.17. The molecule has 2 unspecified atom stereocenters. The van der Waals surface area contributed by atoms with E-state index in [2.05, 4.69) is 41.6 Å². The van der Waals surface area contributed by atoms with Gasteiger partial charge in [-0.1, -0.05) is 63.6 Å². The highest BCUT2D eigenvalue weighted by Crippen LogP contribution is 2.29. The minimum absolute atomic E-state index is 0. The lowest BCUT2D eigenvalue weighted by Gasteiger charge is -2.22. The lowest BCUT2D eigenvalue weighted by atomic mass is 9.89. The molecule has 3 rings (SSSR count). The highest BCUT2D eigenvalue weighted by atomic mass is 19.1. The number of aliphatic imine (C=N–C) groups is 1. The quantitative estimate of drug-likeness (QED) is 0.172. The Kier molecular flexibility index (Phi) is 14.1. The van der Waals surface area contributed by atoms with Gasteiger partial charge in [-0.2, -0.15) is 0 Å². The van der Waals surface area contributed by atoms with Gasteiger partial charge in [-0.15, -0.1) is 0 Å². The van der Waals surface area contributed by atoms with E-state index in [4.69, 9.17) is 4.99 Å². The van der Waals surface area contributed by atoms with Crippen molar-refractivity contribution in [3.63, 3.8) is 0 Å². The Bertz CT molecular complexity index is 1320. The number of rotatable bonds is 10. The van der Waals surface area contributed by atoms with Gasteiger partial charge >= 0.3 is 0 Å². The Morgan fingerprint density at radius 3 is 2.66 bits per heavy atom. The van der Waals surface area contributed by atoms with Crippen molar-refractivity contribution in [2.75, 3.05) is 5.32 Å². The third-order valence-electron chi connectivity index (χ3n) is 6.76. The molecule has 0 fully saturated rings. The second-order valence-electron chi connectivity index (χ2n) is 10.2. The molecule has 1 aromatic carbocycles. The first-order valence-corrected chi connectivity index (χ1v) is 14.8. The summed E-state index contributed by atoms with van der Waals surface area (Å²) in [7, 11) is 0. The Morgan fingerprint density at radius 1 is 1.24 bits per heavy atom. The summed E-state index contributed by atoms with van der Waals surface area (Å²) in [6, 6.07) is 6.09. The van der Waals surface area contributed by atoms with Crippen LogP contribution in [0, 0.1) is 18.7 Å². The molecule has 6 heteroatoms. The lowest BCUT2D eigenvalue weighted by molar-refractivity contribution is 0.102. The number of halogens is 1. The van der Waals surface area contributed by atoms with Crippen molar-refractivity contribution in [3.05, 3.63) is 100 Å². The number of aryl methyl sites for hydroxylation is 1. The van der Waals surface area contributed by atoms with E-state index < -0.39 is 0 Å². The highest BCUT2D eigenvalue weighted by molar-refractivity contribution is 6.04. The molecule has 41 heavy (non-hydrogen) atoms. The fraction of sp³-hybridized carbons (Fsp3) is 0.400. The largest absolute Gasteiger partial charge is 0.322 e. The van der Waals surface area contributed by atoms with Crippen LogP contribution in [0.15, 0.2) is 77.1 Å². The Balaban J connectivity index is 0.00000432. The molecule has 3 atom stereocenters. The Morgan fingerprint density at radius 2 is 2.00 bits per heavy atom. The summed E-state index contributed by atoms with van der Waals surface area (Å²) in [4.78, 5) is 22.0. The number of pyridine rings is 1. The molecule has 1 heterocycles. The second kappa shape index (κ2) is 17.2. The van der Waals surface area contributed by atoms with Gasteiger partial charge in [0.05, 0.1) is 11.3 Å². The standard InChI is InChI=1S/C33H41FN4O.C2H6.2H2/c1-7-9-10-12-31-23(4)18-27(21-36-31)33(39)38-28-14-15-30(34)29(19-28)25(6)37-24(5)20-35-32-16-13-26(11-8-2)17-22(32)3;1-2;;/h7,9-12,14-16,18-22,24-25,37H,8,13,17H2,1-6H3,(H,38,39);1-2H3;2*1H/b9-7?,12-10+,26-11-,35-20?;;;/t22?,24?,25-;;;/m0.../s1. The third-order valence-corrected chi connectivity index (χ3v) is 6.76. The van der Waals surface area contributed by atoms with Gasteiger partial charge in [-0.05, 0) is 82.9 Å². The van der Waals surface area contributed by atoms with Gasteiger partial charge in [-0.25, -0.2) is 4.39 Å². The fourth-order valence-electron chi connectivity index (χ4n) is 4.68. The van der Waals surface area contributed by atoms with Crippen LogP contribution in [0.1, 0.15) is 104 Å². The van der Waals surface area contributed by atoms with E-state index in [-0.39, 0.29) is 26.7 Å². The summed E-state index contributed by atoms with van der Waals surface area (Å²) in [5.74, 6) is -0.231. The molecule has 1 aromatic heterocycles. The van der Waals surface area contributed by atoms with Crippen LogP contribution in [-0.4, -0.2) is 23.1 Å². The van der Waals surface area contributed by atoms with E-state index >= 15 is 0 Å². The van der Waals surface area contributed by atoms with Crippen molar-refractivity contribution in [2.24, 2.45) is 10.9 Å². The van der Waals surface area contributed by atoms with Crippen LogP contribution in [0.5, 0.6) is 0 Å². The number of hydrogen-bond donors (Lipinski definition) is 2. The van der Waals surface area contributed by atoms with Gasteiger partial charge in [-0.3, -0.25) is 14.8 Å². The molecule has 224 valence electrons. The summed E-state index contributed by atoms with van der Waals surface area (Å²) < 4.78 is 14.8. The first-order valence-electron chi connectivity index (χ1n) is 14.8. The molecule has 0 aliphatic heterocycles. The maximum absolute atomic E-state index is 14.8. The SMILES string of the molecule is CC.CC=C/C=C/c1ncc(C(=O)Nc2ccc(F)c([C@H](C)NC(C)C=NC3=CC/C(=C/CC)CC3C)c2)cc1C.[HH].[HH]. The molecule has 1 aliphatic carbocycles. The molecule has 1 amide bonds. The van der Waals surface area contributed by atoms with Crippen LogP contribution in [0.3, 0.4) is 0 Å². The number of nitrogens with zero attached hydrogens (tertiary/aromatic N) is 2. The number of aromatic nitrogens is 1. The van der Waals surface area contributed by atoms with Crippen molar-refractivity contribution in [2.45, 2.75) is 86.7 Å². The van der Waals surface area contributed by atoms with Crippen LogP contribution in [0.4, 0.5) is 10.1 Å². The monoisotopic (exact) mass is 562 g/mol. The number of benzene rings is 1. The first-order chi connectivity index (χ1) is 19.7. The predicted molar refractivity (Wildman–Crippen MR) is 177 cm³/mol. The topological polar surface area (TPSA) is 66.4 Å². The van der Waals surface area contributed by atoms with Gasteiger partial charge < -0.3 is 10.6 Å². The van der Waals surface area contributed by atoms with Crippen molar-refractivity contribution in [3.8, 4) is 0 Å². The Labute approximate surface area is 249 Å². The molecule has 0 bridgehead atoms. The maximum atomic E-state index is 14.8. The van der Waals surface area contributed by atoms with E-state index in [1.54, 1.807) is 24.4 Å². The molecule has 0 saturated carbocycles. The molecule has 1 aliphatic rings. The fourth-order valence-corrected chi connectivity index (χ4v) is 4.68. The molecule has 2 aromatic rings. The number of carbonyl (C=O) groups is 1. The minimum Gasteiger partial charge on any atom is -0.322 e. The van der Waals surface area contributed by atoms with Gasteiger partial charge in [0.2, 0.25) is 0 Å². The van der Waals surface area contributed by atoms with Crippen molar-refractivity contribution < 1.29 is 12.0 Å². The summed E-state index contributed by atoms with van der Waals surface area (Å²) in [5, 5.41) is 6.28. The zero-order valence-corrected chi connectivity index (χ0v) is 26.0. The van der Waals surface area contributed by atoms with Crippen molar-refractivity contribution >= 4 is 23.9 Å². The average molecular weight is 563 g/mol. The third kappa shape index (κ3) is 10.4. The maximum Gasteiger partial charge on any atom is 0.257 e. The number of nitrogens with one attached hydrogen (secondary N) is 2. The lowest BCUT2D eigenvalue weighted by Crippen LogP contribution is -2.30. The molecular formula is C35H51FN4O. The number of allylic oxidation sites excluding steroid dienone is 7. The molecule has 0 spiro atoms. The van der Waals surface area contributed by atoms with Gasteiger partial charge in [0.15, 0.2) is 0 Å². The van der Waals surface area contributed by atoms with Crippen LogP contribution < -0.4 is 10.6 Å². The van der Waals surface area contributed by atoms with Gasteiger partial charge in [0.25, 0.3) is 5.91 Å². The molecule has 2 N–H and O–H groups in total. The second-order valence-corrected chi connectivity index (χ2v) is 10.2. The molecular weight excluding hydrogens is 511 g/mol. The van der Waals surface area contributed by atoms with Gasteiger partial charge in [0, 0.05) is 50.2 Å². The molecule has 5 nitrogen and oxygen atoms in total. The zero-order valence-electron chi connectivity index (χ0n) is 26.0. The number of amides is 1. The summed E-state index contributed by atoms with van der Waals surface area (Å²) >= 11 is 0. The summed E-state index contributed by atoms with van der Waals surface area (Å²) in [6.07, 6.45) is 18.7. The van der Waals surface area contributed by atoms with E-state index in [0.717, 1.165) is 36.2 Å². The number of anilines is 1. The van der Waals surface area contributed by atoms with Crippen molar-refractivity contribution in [1.29, 1.82) is 0 Å². The van der Waals surface area contributed by atoms with Crippen LogP contribution in [0.2, 0.25) is 0 Å². The van der Waals surface area contributed by atoms with E-state index in [1.807, 2.05) is 72.1 Å². The zero-order chi connectivity index (χ0) is 30.4. The molecule has 0 radical (unpaired) electrons. The normalized spacial score (nSPS) is 17.9. The van der Waals surface area contributed by atoms with E-state index in [1.165, 1.54) is 11.6 Å².